The fourth-order valence-electron chi connectivity index (χ4n) is 3.01. The van der Waals surface area contributed by atoms with Crippen LogP contribution in [0.1, 0.15) is 16.8 Å². The summed E-state index contributed by atoms with van der Waals surface area (Å²) in [7, 11) is 0. The lowest BCUT2D eigenvalue weighted by molar-refractivity contribution is -0.516. The molecule has 1 heterocycles. The second-order valence-corrected chi connectivity index (χ2v) is 6.12. The molecule has 2 unspecified atom stereocenters. The second-order valence-electron chi connectivity index (χ2n) is 6.12. The number of carbonyl (C=O) groups is 1. The average molecular weight is 338 g/mol. The first-order valence-corrected chi connectivity index (χ1v) is 7.79. The van der Waals surface area contributed by atoms with Gasteiger partial charge in [0.2, 0.25) is 5.91 Å². The Morgan fingerprint density at radius 1 is 1.28 bits per heavy atom. The van der Waals surface area contributed by atoms with Crippen molar-refractivity contribution in [3.63, 3.8) is 0 Å². The van der Waals surface area contributed by atoms with Gasteiger partial charge in [0.15, 0.2) is 5.41 Å². The largest absolute Gasteiger partial charge is 0.368 e. The average Bonchev–Trinajstić information content (AvgIpc) is 3.07. The van der Waals surface area contributed by atoms with Gasteiger partial charge in [-0.2, -0.15) is 5.10 Å². The standard InChI is InChI=1S/C18H18N4O3/c1-12-6-7-14(11-13(12)2)21-10-8-15(20-21)18(17(19)23)9-4-3-5-16(18)22(24)25/h3-11,16H,1-2H3,(H2,19,23). The number of hydrogen-bond acceptors (Lipinski definition) is 4. The predicted molar refractivity (Wildman–Crippen MR) is 93.0 cm³/mol. The zero-order chi connectivity index (χ0) is 18.2. The molecule has 0 radical (unpaired) electrons. The molecule has 1 aromatic carbocycles. The maximum Gasteiger partial charge on any atom is 0.255 e. The number of aromatic nitrogens is 2. The Bertz CT molecular complexity index is 913. The Morgan fingerprint density at radius 3 is 2.68 bits per heavy atom. The van der Waals surface area contributed by atoms with Crippen molar-refractivity contribution in [1.29, 1.82) is 0 Å². The molecular weight excluding hydrogens is 320 g/mol. The lowest BCUT2D eigenvalue weighted by Crippen LogP contribution is -2.52. The molecule has 2 N–H and O–H groups in total. The summed E-state index contributed by atoms with van der Waals surface area (Å²) in [5.74, 6) is -0.805. The van der Waals surface area contributed by atoms with Gasteiger partial charge in [0.25, 0.3) is 6.04 Å². The molecule has 1 aliphatic carbocycles. The van der Waals surface area contributed by atoms with Crippen LogP contribution in [-0.4, -0.2) is 26.7 Å². The van der Waals surface area contributed by atoms with Gasteiger partial charge in [0.05, 0.1) is 11.4 Å². The minimum atomic E-state index is -1.61. The number of carbonyl (C=O) groups excluding carboxylic acids is 1. The molecule has 0 spiro atoms. The molecule has 128 valence electrons. The molecule has 7 nitrogen and oxygen atoms in total. The number of amides is 1. The normalized spacial score (nSPS) is 22.1. The van der Waals surface area contributed by atoms with Crippen LogP contribution in [-0.2, 0) is 10.2 Å². The van der Waals surface area contributed by atoms with Crippen LogP contribution in [0.25, 0.3) is 5.69 Å². The quantitative estimate of drug-likeness (QED) is 0.680. The fourth-order valence-corrected chi connectivity index (χ4v) is 3.01. The summed E-state index contributed by atoms with van der Waals surface area (Å²) >= 11 is 0. The fraction of sp³-hybridized carbons (Fsp3) is 0.222. The highest BCUT2D eigenvalue weighted by atomic mass is 16.6. The molecule has 7 heteroatoms. The Morgan fingerprint density at radius 2 is 2.04 bits per heavy atom. The summed E-state index contributed by atoms with van der Waals surface area (Å²) in [6.45, 7) is 4.00. The number of nitrogens with two attached hydrogens (primary N) is 1. The number of nitro groups is 1. The van der Waals surface area contributed by atoms with E-state index in [1.165, 1.54) is 18.2 Å². The van der Waals surface area contributed by atoms with Crippen LogP contribution in [0.15, 0.2) is 54.8 Å². The Kier molecular flexibility index (Phi) is 4.00. The van der Waals surface area contributed by atoms with Crippen LogP contribution in [0.3, 0.4) is 0 Å². The number of rotatable bonds is 4. The van der Waals surface area contributed by atoms with Crippen molar-refractivity contribution in [2.75, 3.05) is 0 Å². The van der Waals surface area contributed by atoms with E-state index in [1.807, 2.05) is 32.0 Å². The predicted octanol–water partition coefficient (Wildman–Crippen LogP) is 1.98. The summed E-state index contributed by atoms with van der Waals surface area (Å²) < 4.78 is 1.59. The molecule has 0 bridgehead atoms. The minimum Gasteiger partial charge on any atom is -0.368 e. The molecule has 1 amide bonds. The third-order valence-electron chi connectivity index (χ3n) is 4.63. The SMILES string of the molecule is Cc1ccc(-n2ccc(C3(C(N)=O)C=CC=CC3[N+](=O)[O-])n2)cc1C. The first-order valence-electron chi connectivity index (χ1n) is 7.79. The third-order valence-corrected chi connectivity index (χ3v) is 4.63. The molecule has 1 aliphatic rings. The van der Waals surface area contributed by atoms with E-state index >= 15 is 0 Å². The van der Waals surface area contributed by atoms with Gasteiger partial charge in [-0.3, -0.25) is 14.9 Å². The summed E-state index contributed by atoms with van der Waals surface area (Å²) in [6.07, 6.45) is 7.61. The van der Waals surface area contributed by atoms with Gasteiger partial charge in [0.1, 0.15) is 0 Å². The van der Waals surface area contributed by atoms with Crippen molar-refractivity contribution in [2.45, 2.75) is 25.3 Å². The van der Waals surface area contributed by atoms with Gasteiger partial charge in [-0.25, -0.2) is 4.68 Å². The van der Waals surface area contributed by atoms with Crippen LogP contribution in [0, 0.1) is 24.0 Å². The molecular formula is C18H18N4O3. The van der Waals surface area contributed by atoms with Gasteiger partial charge in [0, 0.05) is 11.1 Å². The van der Waals surface area contributed by atoms with Crippen LogP contribution >= 0.6 is 0 Å². The molecule has 0 aliphatic heterocycles. The van der Waals surface area contributed by atoms with Gasteiger partial charge >= 0.3 is 0 Å². The lowest BCUT2D eigenvalue weighted by atomic mass is 9.74. The maximum atomic E-state index is 12.2. The molecule has 25 heavy (non-hydrogen) atoms. The van der Waals surface area contributed by atoms with Crippen molar-refractivity contribution < 1.29 is 9.72 Å². The van der Waals surface area contributed by atoms with E-state index in [2.05, 4.69) is 5.10 Å². The Balaban J connectivity index is 2.11. The molecule has 0 saturated carbocycles. The van der Waals surface area contributed by atoms with E-state index in [4.69, 9.17) is 5.73 Å². The van der Waals surface area contributed by atoms with E-state index in [0.717, 1.165) is 16.8 Å². The Labute approximate surface area is 144 Å². The highest BCUT2D eigenvalue weighted by molar-refractivity contribution is 5.90. The number of benzene rings is 1. The van der Waals surface area contributed by atoms with Crippen LogP contribution in [0.4, 0.5) is 0 Å². The second kappa shape index (κ2) is 6.01. The highest BCUT2D eigenvalue weighted by Gasteiger charge is 2.53. The smallest absolute Gasteiger partial charge is 0.255 e. The molecule has 2 aromatic rings. The van der Waals surface area contributed by atoms with E-state index in [9.17, 15) is 14.9 Å². The van der Waals surface area contributed by atoms with Crippen molar-refractivity contribution in [3.8, 4) is 5.69 Å². The number of hydrogen-bond donors (Lipinski definition) is 1. The number of primary amides is 1. The van der Waals surface area contributed by atoms with E-state index in [-0.39, 0.29) is 5.69 Å². The van der Waals surface area contributed by atoms with Crippen molar-refractivity contribution >= 4 is 5.91 Å². The topological polar surface area (TPSA) is 104 Å². The van der Waals surface area contributed by atoms with Crippen molar-refractivity contribution in [1.82, 2.24) is 9.78 Å². The van der Waals surface area contributed by atoms with Gasteiger partial charge < -0.3 is 5.73 Å². The summed E-state index contributed by atoms with van der Waals surface area (Å²) in [6, 6.07) is 6.14. The van der Waals surface area contributed by atoms with Gasteiger partial charge in [-0.05, 0) is 49.2 Å². The summed E-state index contributed by atoms with van der Waals surface area (Å²) in [5.41, 5.74) is 7.28. The molecule has 2 atom stereocenters. The maximum absolute atomic E-state index is 12.2. The van der Waals surface area contributed by atoms with Crippen LogP contribution in [0.5, 0.6) is 0 Å². The van der Waals surface area contributed by atoms with E-state index < -0.39 is 22.3 Å². The molecule has 0 fully saturated rings. The molecule has 0 saturated heterocycles. The molecule has 1 aromatic heterocycles. The Hall–Kier alpha value is -3.22. The number of aryl methyl sites for hydroxylation is 2. The van der Waals surface area contributed by atoms with Crippen LogP contribution in [0.2, 0.25) is 0 Å². The minimum absolute atomic E-state index is 0.250. The van der Waals surface area contributed by atoms with Crippen molar-refractivity contribution in [3.05, 3.63) is 81.7 Å². The van der Waals surface area contributed by atoms with E-state index in [0.29, 0.717) is 0 Å². The van der Waals surface area contributed by atoms with E-state index in [1.54, 1.807) is 23.0 Å². The zero-order valence-corrected chi connectivity index (χ0v) is 13.9. The first-order chi connectivity index (χ1) is 11.9. The van der Waals surface area contributed by atoms with Crippen molar-refractivity contribution in [2.24, 2.45) is 5.73 Å². The van der Waals surface area contributed by atoms with Crippen LogP contribution < -0.4 is 5.73 Å². The zero-order valence-electron chi connectivity index (χ0n) is 13.9. The first kappa shape index (κ1) is 16.6. The number of allylic oxidation sites excluding steroid dienone is 2. The lowest BCUT2D eigenvalue weighted by Gasteiger charge is -2.28. The third kappa shape index (κ3) is 2.63. The number of nitrogens with zero attached hydrogens (tertiary/aromatic N) is 3. The molecule has 3 rings (SSSR count). The monoisotopic (exact) mass is 338 g/mol. The summed E-state index contributed by atoms with van der Waals surface area (Å²) in [5, 5.41) is 15.9. The van der Waals surface area contributed by atoms with Gasteiger partial charge in [-0.15, -0.1) is 0 Å². The highest BCUT2D eigenvalue weighted by Crippen LogP contribution is 2.34. The summed E-state index contributed by atoms with van der Waals surface area (Å²) in [4.78, 5) is 23.2. The van der Waals surface area contributed by atoms with Gasteiger partial charge in [-0.1, -0.05) is 24.3 Å².